The Kier molecular flexibility index (Phi) is 6.25. The van der Waals surface area contributed by atoms with E-state index in [1.807, 2.05) is 0 Å². The highest BCUT2D eigenvalue weighted by atomic mass is 35.5. The number of hydrogen-bond donors (Lipinski definition) is 0. The topological polar surface area (TPSA) is 74.2 Å². The Bertz CT molecular complexity index is 806. The van der Waals surface area contributed by atoms with Crippen LogP contribution in [0.15, 0.2) is 24.3 Å². The van der Waals surface area contributed by atoms with E-state index >= 15 is 0 Å². The smallest absolute Gasteiger partial charge is 0.422 e. The zero-order chi connectivity index (χ0) is 20.2. The number of esters is 1. The predicted octanol–water partition coefficient (Wildman–Crippen LogP) is 4.01. The lowest BCUT2D eigenvalue weighted by Crippen LogP contribution is -2.23. The molecular weight excluding hydrogens is 387 g/mol. The number of benzene rings is 1. The largest absolute Gasteiger partial charge is 0.456 e. The third kappa shape index (κ3) is 7.38. The van der Waals surface area contributed by atoms with Gasteiger partial charge in [0.1, 0.15) is 11.4 Å². The fourth-order valence-corrected chi connectivity index (χ4v) is 2.11. The fourth-order valence-electron chi connectivity index (χ4n) is 1.94. The fraction of sp³-hybridized carbons (Fsp3) is 0.412. The van der Waals surface area contributed by atoms with Crippen molar-refractivity contribution in [2.75, 3.05) is 6.61 Å². The molecule has 1 heterocycles. The van der Waals surface area contributed by atoms with Crippen molar-refractivity contribution in [3.63, 3.8) is 0 Å². The third-order valence-corrected chi connectivity index (χ3v) is 3.12. The summed E-state index contributed by atoms with van der Waals surface area (Å²) in [6, 6.07) is 5.97. The van der Waals surface area contributed by atoms with Gasteiger partial charge in [0.25, 0.3) is 0 Å². The van der Waals surface area contributed by atoms with Crippen molar-refractivity contribution < 1.29 is 27.4 Å². The summed E-state index contributed by atoms with van der Waals surface area (Å²) in [7, 11) is 0. The number of carbonyl (C=O) groups is 1. The van der Waals surface area contributed by atoms with Crippen LogP contribution in [0.2, 0.25) is 5.28 Å². The molecule has 0 amide bonds. The summed E-state index contributed by atoms with van der Waals surface area (Å²) in [5.41, 5.74) is 0.479. The van der Waals surface area contributed by atoms with Crippen LogP contribution in [-0.2, 0) is 11.2 Å². The molecule has 0 atom stereocenters. The van der Waals surface area contributed by atoms with Crippen LogP contribution in [0.5, 0.6) is 6.01 Å². The Morgan fingerprint density at radius 2 is 1.70 bits per heavy atom. The second-order valence-corrected chi connectivity index (χ2v) is 6.92. The van der Waals surface area contributed by atoms with Crippen LogP contribution in [0.25, 0.3) is 0 Å². The van der Waals surface area contributed by atoms with Gasteiger partial charge in [-0.25, -0.2) is 9.78 Å². The SMILES string of the molecule is CC(C)(C)OC(=O)c1ccc(Cc2nc(Cl)nc(OCC(F)(F)F)n2)cc1. The van der Waals surface area contributed by atoms with Gasteiger partial charge >= 0.3 is 18.2 Å². The number of rotatable bonds is 5. The van der Waals surface area contributed by atoms with Crippen LogP contribution in [0.3, 0.4) is 0 Å². The minimum atomic E-state index is -4.52. The maximum absolute atomic E-state index is 12.2. The molecule has 146 valence electrons. The van der Waals surface area contributed by atoms with Gasteiger partial charge in [0.2, 0.25) is 5.28 Å². The van der Waals surface area contributed by atoms with Gasteiger partial charge in [-0.1, -0.05) is 12.1 Å². The number of aromatic nitrogens is 3. The molecule has 1 aromatic carbocycles. The molecule has 0 radical (unpaired) electrons. The highest BCUT2D eigenvalue weighted by Crippen LogP contribution is 2.18. The zero-order valence-corrected chi connectivity index (χ0v) is 15.6. The van der Waals surface area contributed by atoms with E-state index in [9.17, 15) is 18.0 Å². The average molecular weight is 404 g/mol. The van der Waals surface area contributed by atoms with Gasteiger partial charge in [0, 0.05) is 6.42 Å². The molecule has 0 aliphatic carbocycles. The predicted molar refractivity (Wildman–Crippen MR) is 90.8 cm³/mol. The molecule has 27 heavy (non-hydrogen) atoms. The lowest BCUT2D eigenvalue weighted by molar-refractivity contribution is -0.154. The summed E-state index contributed by atoms with van der Waals surface area (Å²) < 4.78 is 46.4. The minimum absolute atomic E-state index is 0.136. The second-order valence-electron chi connectivity index (χ2n) is 6.58. The highest BCUT2D eigenvalue weighted by molar-refractivity contribution is 6.28. The second kappa shape index (κ2) is 8.08. The molecule has 2 rings (SSSR count). The quantitative estimate of drug-likeness (QED) is 0.702. The van der Waals surface area contributed by atoms with Crippen LogP contribution in [-0.4, -0.2) is 39.3 Å². The van der Waals surface area contributed by atoms with Gasteiger partial charge in [-0.05, 0) is 50.1 Å². The first kappa shape index (κ1) is 20.9. The van der Waals surface area contributed by atoms with Crippen LogP contribution in [0, 0.1) is 0 Å². The molecule has 0 unspecified atom stereocenters. The molecule has 0 saturated carbocycles. The Balaban J connectivity index is 2.08. The number of ether oxygens (including phenoxy) is 2. The Morgan fingerprint density at radius 3 is 2.26 bits per heavy atom. The van der Waals surface area contributed by atoms with E-state index in [0.29, 0.717) is 11.1 Å². The first-order valence-electron chi connectivity index (χ1n) is 7.83. The first-order valence-corrected chi connectivity index (χ1v) is 8.21. The summed E-state index contributed by atoms with van der Waals surface area (Å²) >= 11 is 5.71. The van der Waals surface area contributed by atoms with E-state index in [-0.39, 0.29) is 17.5 Å². The number of hydrogen-bond acceptors (Lipinski definition) is 6. The molecule has 0 aliphatic heterocycles. The Labute approximate surface area is 158 Å². The molecule has 0 bridgehead atoms. The minimum Gasteiger partial charge on any atom is -0.456 e. The number of carbonyl (C=O) groups excluding carboxylic acids is 1. The van der Waals surface area contributed by atoms with Crippen molar-refractivity contribution in [1.82, 2.24) is 15.0 Å². The van der Waals surface area contributed by atoms with Gasteiger partial charge in [-0.15, -0.1) is 0 Å². The molecule has 0 aliphatic rings. The van der Waals surface area contributed by atoms with E-state index in [0.717, 1.165) is 0 Å². The summed E-state index contributed by atoms with van der Waals surface area (Å²) in [4.78, 5) is 23.2. The molecule has 0 fully saturated rings. The Morgan fingerprint density at radius 1 is 1.07 bits per heavy atom. The number of alkyl halides is 3. The molecule has 1 aromatic heterocycles. The van der Waals surface area contributed by atoms with Gasteiger partial charge in [0.15, 0.2) is 6.61 Å². The molecule has 10 heteroatoms. The van der Waals surface area contributed by atoms with Gasteiger partial charge in [-0.3, -0.25) is 0 Å². The maximum Gasteiger partial charge on any atom is 0.422 e. The van der Waals surface area contributed by atoms with Crippen molar-refractivity contribution in [3.05, 3.63) is 46.5 Å². The van der Waals surface area contributed by atoms with Crippen LogP contribution >= 0.6 is 11.6 Å². The standard InChI is InChI=1S/C17H17ClF3N3O3/c1-16(2,3)27-13(25)11-6-4-10(5-7-11)8-12-22-14(18)24-15(23-12)26-9-17(19,20)21/h4-7H,8-9H2,1-3H3. The average Bonchev–Trinajstić information content (AvgIpc) is 2.51. The van der Waals surface area contributed by atoms with Crippen LogP contribution in [0.4, 0.5) is 13.2 Å². The molecule has 0 N–H and O–H groups in total. The van der Waals surface area contributed by atoms with Gasteiger partial charge in [0.05, 0.1) is 5.56 Å². The van der Waals surface area contributed by atoms with Crippen molar-refractivity contribution >= 4 is 17.6 Å². The number of halogens is 4. The van der Waals surface area contributed by atoms with Crippen molar-refractivity contribution in [2.24, 2.45) is 0 Å². The summed E-state index contributed by atoms with van der Waals surface area (Å²) in [6.07, 6.45) is -4.35. The number of nitrogens with zero attached hydrogens (tertiary/aromatic N) is 3. The summed E-state index contributed by atoms with van der Waals surface area (Å²) in [5, 5.41) is -0.275. The van der Waals surface area contributed by atoms with Gasteiger partial charge < -0.3 is 9.47 Å². The van der Waals surface area contributed by atoms with E-state index in [1.165, 1.54) is 0 Å². The summed E-state index contributed by atoms with van der Waals surface area (Å²) in [6.45, 7) is 3.77. The van der Waals surface area contributed by atoms with E-state index in [2.05, 4.69) is 19.7 Å². The van der Waals surface area contributed by atoms with Crippen molar-refractivity contribution in [2.45, 2.75) is 39.0 Å². The highest BCUT2D eigenvalue weighted by Gasteiger charge is 2.29. The van der Waals surface area contributed by atoms with E-state index in [4.69, 9.17) is 16.3 Å². The van der Waals surface area contributed by atoms with E-state index in [1.54, 1.807) is 45.0 Å². The zero-order valence-electron chi connectivity index (χ0n) is 14.8. The normalized spacial score (nSPS) is 12.0. The monoisotopic (exact) mass is 403 g/mol. The van der Waals surface area contributed by atoms with Crippen molar-refractivity contribution in [1.29, 1.82) is 0 Å². The lowest BCUT2D eigenvalue weighted by atomic mass is 10.1. The molecular formula is C17H17ClF3N3O3. The molecule has 2 aromatic rings. The first-order chi connectivity index (χ1) is 12.4. The lowest BCUT2D eigenvalue weighted by Gasteiger charge is -2.19. The molecule has 0 saturated heterocycles. The van der Waals surface area contributed by atoms with Crippen LogP contribution in [0.1, 0.15) is 42.5 Å². The van der Waals surface area contributed by atoms with Gasteiger partial charge in [-0.2, -0.15) is 23.1 Å². The molecule has 6 nitrogen and oxygen atoms in total. The third-order valence-electron chi connectivity index (χ3n) is 2.95. The summed E-state index contributed by atoms with van der Waals surface area (Å²) in [5.74, 6) is -0.322. The maximum atomic E-state index is 12.2. The molecule has 0 spiro atoms. The van der Waals surface area contributed by atoms with E-state index < -0.39 is 30.4 Å². The van der Waals surface area contributed by atoms with Crippen molar-refractivity contribution in [3.8, 4) is 6.01 Å². The van der Waals surface area contributed by atoms with Crippen LogP contribution < -0.4 is 4.74 Å². The Hall–Kier alpha value is -2.42.